The number of terminal acetylenes is 2. The fraction of sp³-hybridized carbons (Fsp3) is 0.190. The Labute approximate surface area is 150 Å². The van der Waals surface area contributed by atoms with Crippen molar-refractivity contribution in [3.8, 4) is 25.7 Å². The summed E-state index contributed by atoms with van der Waals surface area (Å²) in [7, 11) is 1.54. The summed E-state index contributed by atoms with van der Waals surface area (Å²) in [5.74, 6) is -0.512. The summed E-state index contributed by atoms with van der Waals surface area (Å²) in [4.78, 5) is 10.9. The molecule has 0 radical (unpaired) electrons. The van der Waals surface area contributed by atoms with Crippen LogP contribution in [-0.2, 0) is 4.79 Å². The zero-order valence-electron chi connectivity index (χ0n) is 14.9. The second-order valence-electron chi connectivity index (χ2n) is 4.61. The molecule has 0 aromatic heterocycles. The number of anilines is 1. The fourth-order valence-electron chi connectivity index (χ4n) is 1.65. The predicted octanol–water partition coefficient (Wildman–Crippen LogP) is 3.79. The summed E-state index contributed by atoms with van der Waals surface area (Å²) >= 11 is 0. The highest BCUT2D eigenvalue weighted by molar-refractivity contribution is 5.80. The van der Waals surface area contributed by atoms with E-state index >= 15 is 0 Å². The van der Waals surface area contributed by atoms with Crippen LogP contribution < -0.4 is 10.6 Å². The van der Waals surface area contributed by atoms with Gasteiger partial charge < -0.3 is 10.6 Å². The van der Waals surface area contributed by atoms with E-state index in [0.717, 1.165) is 5.56 Å². The Morgan fingerprint density at radius 3 is 1.92 bits per heavy atom. The number of likely N-dealkylation sites (N-methyl/N-ethyl adjacent to an activating group) is 1. The van der Waals surface area contributed by atoms with E-state index in [1.165, 1.54) is 18.7 Å². The van der Waals surface area contributed by atoms with Crippen LogP contribution in [-0.4, -0.2) is 19.5 Å². The van der Waals surface area contributed by atoms with Crippen molar-refractivity contribution in [2.24, 2.45) is 0 Å². The number of hydrogen-bond donors (Lipinski definition) is 2. The molecule has 0 fully saturated rings. The fourth-order valence-corrected chi connectivity index (χ4v) is 1.65. The maximum Gasteiger partial charge on any atom is 0.239 e. The largest absolute Gasteiger partial charge is 0.374 e. The Morgan fingerprint density at radius 1 is 0.960 bits per heavy atom. The van der Waals surface area contributed by atoms with Gasteiger partial charge in [-0.1, -0.05) is 48.0 Å². The average molecular weight is 340 g/mol. The lowest BCUT2D eigenvalue weighted by Gasteiger charge is -2.09. The van der Waals surface area contributed by atoms with E-state index in [1.807, 2.05) is 18.2 Å². The number of aryl methyl sites for hydroxylation is 2. The van der Waals surface area contributed by atoms with Crippen LogP contribution >= 0.6 is 0 Å². The number of para-hydroxylation sites is 1. The molecule has 0 atom stereocenters. The molecule has 0 unspecified atom stereocenters. The maximum atomic E-state index is 13.2. The maximum absolute atomic E-state index is 13.2. The zero-order valence-corrected chi connectivity index (χ0v) is 14.9. The standard InChI is InChI=1S/C10H13FN2O.C7H8.2C2H2/c1-7-4-3-5-8(11)10(7)13-6-9(14)12-2;1-7-5-3-2-4-6-7;2*1-2/h3-5,13H,6H2,1-2H3,(H,12,14);2-6H,1H3;2*1-2H. The SMILES string of the molecule is C#C.C#C.CNC(=O)CNc1c(C)cccc1F.Cc1ccccc1. The monoisotopic (exact) mass is 340 g/mol. The van der Waals surface area contributed by atoms with Crippen molar-refractivity contribution in [3.63, 3.8) is 0 Å². The summed E-state index contributed by atoms with van der Waals surface area (Å²) in [5, 5.41) is 5.20. The van der Waals surface area contributed by atoms with E-state index in [0.29, 0.717) is 5.69 Å². The van der Waals surface area contributed by atoms with Crippen LogP contribution in [0.1, 0.15) is 11.1 Å². The first-order valence-electron chi connectivity index (χ1n) is 7.42. The van der Waals surface area contributed by atoms with Gasteiger partial charge in [-0.25, -0.2) is 4.39 Å². The van der Waals surface area contributed by atoms with Gasteiger partial charge in [0, 0.05) is 7.05 Å². The van der Waals surface area contributed by atoms with Crippen LogP contribution in [0.3, 0.4) is 0 Å². The Balaban J connectivity index is 0. The lowest BCUT2D eigenvalue weighted by molar-refractivity contribution is -0.118. The third kappa shape index (κ3) is 11.0. The highest BCUT2D eigenvalue weighted by atomic mass is 19.1. The minimum Gasteiger partial charge on any atom is -0.374 e. The van der Waals surface area contributed by atoms with E-state index in [4.69, 9.17) is 0 Å². The molecule has 25 heavy (non-hydrogen) atoms. The number of carbonyl (C=O) groups excluding carboxylic acids is 1. The molecule has 0 heterocycles. The second kappa shape index (κ2) is 15.6. The molecule has 0 aliphatic carbocycles. The molecule has 2 aromatic carbocycles. The lowest BCUT2D eigenvalue weighted by Crippen LogP contribution is -2.26. The number of hydrogen-bond acceptors (Lipinski definition) is 2. The molecule has 0 bridgehead atoms. The van der Waals surface area contributed by atoms with E-state index in [-0.39, 0.29) is 18.3 Å². The van der Waals surface area contributed by atoms with Crippen LogP contribution in [0.25, 0.3) is 0 Å². The van der Waals surface area contributed by atoms with Crippen LogP contribution in [0, 0.1) is 45.4 Å². The highest BCUT2D eigenvalue weighted by Crippen LogP contribution is 2.17. The molecule has 1 amide bonds. The van der Waals surface area contributed by atoms with Gasteiger partial charge >= 0.3 is 0 Å². The molecule has 0 saturated carbocycles. The molecule has 3 nitrogen and oxygen atoms in total. The van der Waals surface area contributed by atoms with Crippen molar-refractivity contribution >= 4 is 11.6 Å². The molecule has 0 aliphatic rings. The molecular weight excluding hydrogens is 315 g/mol. The number of amides is 1. The molecule has 0 aliphatic heterocycles. The summed E-state index contributed by atoms with van der Waals surface area (Å²) in [6.07, 6.45) is 16.0. The molecule has 0 spiro atoms. The van der Waals surface area contributed by atoms with Gasteiger partial charge in [0.05, 0.1) is 12.2 Å². The lowest BCUT2D eigenvalue weighted by atomic mass is 10.2. The second-order valence-corrected chi connectivity index (χ2v) is 4.61. The summed E-state index contributed by atoms with van der Waals surface area (Å²) in [6, 6.07) is 15.0. The quantitative estimate of drug-likeness (QED) is 0.835. The number of halogens is 1. The Bertz CT molecular complexity index is 622. The normalized spacial score (nSPS) is 8.00. The van der Waals surface area contributed by atoms with Gasteiger partial charge in [0.15, 0.2) is 0 Å². The number of benzene rings is 2. The van der Waals surface area contributed by atoms with Crippen molar-refractivity contribution < 1.29 is 9.18 Å². The van der Waals surface area contributed by atoms with Gasteiger partial charge in [-0.3, -0.25) is 4.79 Å². The van der Waals surface area contributed by atoms with Crippen molar-refractivity contribution in [1.82, 2.24) is 5.32 Å². The number of nitrogens with one attached hydrogen (secondary N) is 2. The topological polar surface area (TPSA) is 41.1 Å². The molecule has 4 heteroatoms. The molecule has 0 saturated heterocycles. The molecular formula is C21H25FN2O. The molecule has 2 rings (SSSR count). The van der Waals surface area contributed by atoms with Crippen molar-refractivity contribution in [2.75, 3.05) is 18.9 Å². The minimum atomic E-state index is -0.339. The van der Waals surface area contributed by atoms with Crippen LogP contribution in [0.4, 0.5) is 10.1 Å². The first kappa shape index (κ1) is 24.0. The van der Waals surface area contributed by atoms with Gasteiger partial charge in [-0.05, 0) is 25.5 Å². The third-order valence-corrected chi connectivity index (χ3v) is 2.87. The van der Waals surface area contributed by atoms with Crippen molar-refractivity contribution in [2.45, 2.75) is 13.8 Å². The van der Waals surface area contributed by atoms with Gasteiger partial charge in [0.2, 0.25) is 5.91 Å². The predicted molar refractivity (Wildman–Crippen MR) is 105 cm³/mol. The van der Waals surface area contributed by atoms with E-state index in [9.17, 15) is 9.18 Å². The van der Waals surface area contributed by atoms with Crippen LogP contribution in [0.2, 0.25) is 0 Å². The molecule has 132 valence electrons. The zero-order chi connectivity index (χ0) is 19.7. The first-order valence-corrected chi connectivity index (χ1v) is 7.42. The van der Waals surface area contributed by atoms with Crippen molar-refractivity contribution in [1.29, 1.82) is 0 Å². The summed E-state index contributed by atoms with van der Waals surface area (Å²) < 4.78 is 13.2. The van der Waals surface area contributed by atoms with Gasteiger partial charge in [0.1, 0.15) is 5.82 Å². The van der Waals surface area contributed by atoms with Crippen LogP contribution in [0.5, 0.6) is 0 Å². The Hall–Kier alpha value is -3.24. The van der Waals surface area contributed by atoms with Gasteiger partial charge in [-0.2, -0.15) is 0 Å². The van der Waals surface area contributed by atoms with E-state index in [1.54, 1.807) is 19.1 Å². The molecule has 2 aromatic rings. The summed E-state index contributed by atoms with van der Waals surface area (Å²) in [6.45, 7) is 3.95. The molecule has 2 N–H and O–H groups in total. The average Bonchev–Trinajstić information content (AvgIpc) is 2.65. The van der Waals surface area contributed by atoms with E-state index in [2.05, 4.69) is 55.4 Å². The minimum absolute atomic E-state index is 0.0816. The summed E-state index contributed by atoms with van der Waals surface area (Å²) in [5.41, 5.74) is 2.49. The Morgan fingerprint density at radius 2 is 1.52 bits per heavy atom. The Kier molecular flexibility index (Phi) is 15.0. The van der Waals surface area contributed by atoms with Gasteiger partial charge in [-0.15, -0.1) is 25.7 Å². The number of carbonyl (C=O) groups is 1. The van der Waals surface area contributed by atoms with Crippen LogP contribution in [0.15, 0.2) is 48.5 Å². The third-order valence-electron chi connectivity index (χ3n) is 2.87. The van der Waals surface area contributed by atoms with Crippen molar-refractivity contribution in [3.05, 3.63) is 65.5 Å². The van der Waals surface area contributed by atoms with Gasteiger partial charge in [0.25, 0.3) is 0 Å². The first-order chi connectivity index (χ1) is 12.0. The smallest absolute Gasteiger partial charge is 0.239 e. The highest BCUT2D eigenvalue weighted by Gasteiger charge is 2.05. The number of rotatable bonds is 3. The van der Waals surface area contributed by atoms with E-state index < -0.39 is 0 Å².